The van der Waals surface area contributed by atoms with Crippen LogP contribution in [0.5, 0.6) is 0 Å². The molecule has 1 aromatic carbocycles. The molecule has 0 saturated heterocycles. The van der Waals surface area contributed by atoms with Crippen molar-refractivity contribution in [2.45, 2.75) is 30.3 Å². The standard InChI is InChI=1S/C18H16F2N2O3S/c1-10-15(12-3-2-7-21-17(12)22-10)16(23)11-4-5-14-13(9-11)18(19,20)6-8-26(14,24)25/h2-5,7,9,16,23H,6,8H2,1H3,(H,21,22). The molecule has 1 aliphatic heterocycles. The van der Waals surface area contributed by atoms with Gasteiger partial charge >= 0.3 is 0 Å². The highest BCUT2D eigenvalue weighted by atomic mass is 32.2. The summed E-state index contributed by atoms with van der Waals surface area (Å²) in [5, 5.41) is 11.5. The van der Waals surface area contributed by atoms with Gasteiger partial charge in [-0.3, -0.25) is 0 Å². The Labute approximate surface area is 148 Å². The van der Waals surface area contributed by atoms with Crippen molar-refractivity contribution in [1.82, 2.24) is 9.97 Å². The fraction of sp³-hybridized carbons (Fsp3) is 0.278. The number of pyridine rings is 1. The van der Waals surface area contributed by atoms with Gasteiger partial charge in [0.25, 0.3) is 5.92 Å². The second kappa shape index (κ2) is 5.59. The number of hydrogen-bond acceptors (Lipinski definition) is 4. The molecule has 2 aromatic heterocycles. The number of aliphatic hydroxyl groups excluding tert-OH is 1. The van der Waals surface area contributed by atoms with E-state index in [4.69, 9.17) is 0 Å². The summed E-state index contributed by atoms with van der Waals surface area (Å²) in [4.78, 5) is 6.88. The Morgan fingerprint density at radius 1 is 1.31 bits per heavy atom. The molecule has 4 rings (SSSR count). The van der Waals surface area contributed by atoms with E-state index in [0.29, 0.717) is 22.3 Å². The number of aromatic nitrogens is 2. The van der Waals surface area contributed by atoms with Crippen LogP contribution < -0.4 is 0 Å². The van der Waals surface area contributed by atoms with Crippen LogP contribution in [0.25, 0.3) is 11.0 Å². The first-order valence-electron chi connectivity index (χ1n) is 8.07. The zero-order valence-electron chi connectivity index (χ0n) is 13.8. The number of sulfone groups is 1. The van der Waals surface area contributed by atoms with Gasteiger partial charge in [-0.25, -0.2) is 22.2 Å². The largest absolute Gasteiger partial charge is 0.384 e. The minimum Gasteiger partial charge on any atom is -0.384 e. The second-order valence-corrected chi connectivity index (χ2v) is 8.57. The third kappa shape index (κ3) is 2.52. The predicted octanol–water partition coefficient (Wildman–Crippen LogP) is 3.22. The van der Waals surface area contributed by atoms with E-state index in [-0.39, 0.29) is 10.5 Å². The van der Waals surface area contributed by atoms with Gasteiger partial charge in [-0.15, -0.1) is 0 Å². The van der Waals surface area contributed by atoms with Crippen LogP contribution in [0.3, 0.4) is 0 Å². The molecule has 0 fully saturated rings. The van der Waals surface area contributed by atoms with Crippen molar-refractivity contribution in [2.75, 3.05) is 5.75 Å². The molecular weight excluding hydrogens is 362 g/mol. The van der Waals surface area contributed by atoms with E-state index < -0.39 is 39.6 Å². The Morgan fingerprint density at radius 2 is 2.08 bits per heavy atom. The van der Waals surface area contributed by atoms with Crippen LogP contribution in [0.2, 0.25) is 0 Å². The van der Waals surface area contributed by atoms with Crippen LogP contribution >= 0.6 is 0 Å². The number of hydrogen-bond donors (Lipinski definition) is 2. The summed E-state index contributed by atoms with van der Waals surface area (Å²) in [5.41, 5.74) is 1.47. The maximum Gasteiger partial charge on any atom is 0.275 e. The number of fused-ring (bicyclic) bond motifs is 2. The molecule has 0 spiro atoms. The van der Waals surface area contributed by atoms with Crippen LogP contribution in [0.1, 0.15) is 34.9 Å². The van der Waals surface area contributed by atoms with E-state index in [0.717, 1.165) is 6.07 Å². The lowest BCUT2D eigenvalue weighted by Crippen LogP contribution is -2.28. The molecule has 3 aromatic rings. The molecule has 1 aliphatic rings. The van der Waals surface area contributed by atoms with Crippen molar-refractivity contribution in [3.8, 4) is 0 Å². The highest BCUT2D eigenvalue weighted by Gasteiger charge is 2.43. The predicted molar refractivity (Wildman–Crippen MR) is 91.9 cm³/mol. The number of aliphatic hydroxyl groups is 1. The lowest BCUT2D eigenvalue weighted by atomic mass is 9.95. The molecule has 136 valence electrons. The monoisotopic (exact) mass is 378 g/mol. The molecule has 0 saturated carbocycles. The smallest absolute Gasteiger partial charge is 0.275 e. The molecule has 1 unspecified atom stereocenters. The van der Waals surface area contributed by atoms with Crippen molar-refractivity contribution >= 4 is 20.9 Å². The Balaban J connectivity index is 1.88. The number of benzene rings is 1. The highest BCUT2D eigenvalue weighted by molar-refractivity contribution is 7.91. The molecule has 2 N–H and O–H groups in total. The van der Waals surface area contributed by atoms with Crippen LogP contribution in [-0.2, 0) is 15.8 Å². The van der Waals surface area contributed by atoms with Gasteiger partial charge < -0.3 is 10.1 Å². The molecule has 26 heavy (non-hydrogen) atoms. The maximum atomic E-state index is 14.3. The molecule has 0 amide bonds. The van der Waals surface area contributed by atoms with E-state index >= 15 is 0 Å². The Morgan fingerprint density at radius 3 is 2.85 bits per heavy atom. The molecule has 1 atom stereocenters. The SMILES string of the molecule is Cc1[nH]c2ncccc2c1C(O)c1ccc2c(c1)C(F)(F)CCS2(=O)=O. The Hall–Kier alpha value is -2.32. The molecule has 0 aliphatic carbocycles. The van der Waals surface area contributed by atoms with E-state index in [2.05, 4.69) is 9.97 Å². The van der Waals surface area contributed by atoms with E-state index in [1.165, 1.54) is 12.1 Å². The number of aromatic amines is 1. The first kappa shape index (κ1) is 17.1. The lowest BCUT2D eigenvalue weighted by molar-refractivity contribution is -0.0129. The van der Waals surface area contributed by atoms with Gasteiger partial charge in [0.1, 0.15) is 11.8 Å². The van der Waals surface area contributed by atoms with E-state index in [9.17, 15) is 22.3 Å². The second-order valence-electron chi connectivity index (χ2n) is 6.49. The quantitative estimate of drug-likeness (QED) is 0.717. The zero-order valence-corrected chi connectivity index (χ0v) is 14.6. The molecule has 8 heteroatoms. The fourth-order valence-corrected chi connectivity index (χ4v) is 5.03. The van der Waals surface area contributed by atoms with Crippen molar-refractivity contribution in [1.29, 1.82) is 0 Å². The van der Waals surface area contributed by atoms with Crippen molar-refractivity contribution < 1.29 is 22.3 Å². The number of rotatable bonds is 2. The minimum absolute atomic E-state index is 0.216. The van der Waals surface area contributed by atoms with Gasteiger partial charge in [-0.05, 0) is 36.8 Å². The molecule has 0 radical (unpaired) electrons. The van der Waals surface area contributed by atoms with Crippen molar-refractivity contribution in [3.63, 3.8) is 0 Å². The average Bonchev–Trinajstić information content (AvgIpc) is 2.94. The summed E-state index contributed by atoms with van der Waals surface area (Å²) in [5.74, 6) is -3.82. The minimum atomic E-state index is -3.73. The van der Waals surface area contributed by atoms with Gasteiger partial charge in [0, 0.05) is 34.8 Å². The number of alkyl halides is 2. The lowest BCUT2D eigenvalue weighted by Gasteiger charge is -2.26. The topological polar surface area (TPSA) is 83.0 Å². The first-order valence-corrected chi connectivity index (χ1v) is 9.72. The summed E-state index contributed by atoms with van der Waals surface area (Å²) in [6, 6.07) is 7.16. The van der Waals surface area contributed by atoms with Crippen molar-refractivity contribution in [3.05, 3.63) is 58.9 Å². The number of halogens is 2. The third-order valence-electron chi connectivity index (χ3n) is 4.81. The van der Waals surface area contributed by atoms with E-state index in [1.807, 2.05) is 0 Å². The Bertz CT molecular complexity index is 1120. The van der Waals surface area contributed by atoms with Crippen molar-refractivity contribution in [2.24, 2.45) is 0 Å². The summed E-state index contributed by atoms with van der Waals surface area (Å²) < 4.78 is 52.8. The van der Waals surface area contributed by atoms with Gasteiger partial charge in [0.05, 0.1) is 10.6 Å². The zero-order chi connectivity index (χ0) is 18.7. The summed E-state index contributed by atoms with van der Waals surface area (Å²) >= 11 is 0. The summed E-state index contributed by atoms with van der Waals surface area (Å²) in [6.45, 7) is 1.76. The first-order chi connectivity index (χ1) is 12.2. The van der Waals surface area contributed by atoms with Crippen LogP contribution in [0.4, 0.5) is 8.78 Å². The highest BCUT2D eigenvalue weighted by Crippen LogP contribution is 2.43. The summed E-state index contributed by atoms with van der Waals surface area (Å²) in [6.07, 6.45) is -0.324. The van der Waals surface area contributed by atoms with Crippen LogP contribution in [0.15, 0.2) is 41.4 Å². The Kier molecular flexibility index (Phi) is 3.68. The third-order valence-corrected chi connectivity index (χ3v) is 6.58. The molecular formula is C18H16F2N2O3S. The van der Waals surface area contributed by atoms with E-state index in [1.54, 1.807) is 25.3 Å². The van der Waals surface area contributed by atoms with Gasteiger partial charge in [-0.1, -0.05) is 6.07 Å². The molecule has 3 heterocycles. The average molecular weight is 378 g/mol. The normalized spacial score (nSPS) is 19.2. The number of H-pyrrole nitrogens is 1. The van der Waals surface area contributed by atoms with Crippen LogP contribution in [-0.4, -0.2) is 29.2 Å². The summed E-state index contributed by atoms with van der Waals surface area (Å²) in [7, 11) is -3.73. The van der Waals surface area contributed by atoms with Crippen LogP contribution in [0, 0.1) is 6.92 Å². The number of aryl methyl sites for hydroxylation is 1. The molecule has 0 bridgehead atoms. The molecule has 5 nitrogen and oxygen atoms in total. The number of nitrogens with one attached hydrogen (secondary N) is 1. The fourth-order valence-electron chi connectivity index (χ4n) is 3.47. The maximum absolute atomic E-state index is 14.3. The number of nitrogens with zero attached hydrogens (tertiary/aromatic N) is 1. The van der Waals surface area contributed by atoms with Gasteiger partial charge in [0.15, 0.2) is 9.84 Å². The van der Waals surface area contributed by atoms with Gasteiger partial charge in [-0.2, -0.15) is 0 Å². The van der Waals surface area contributed by atoms with Gasteiger partial charge in [0.2, 0.25) is 0 Å².